The van der Waals surface area contributed by atoms with E-state index in [9.17, 15) is 4.39 Å². The van der Waals surface area contributed by atoms with E-state index in [4.69, 9.17) is 0 Å². The van der Waals surface area contributed by atoms with Gasteiger partial charge < -0.3 is 0 Å². The number of aryl methyl sites for hydroxylation is 2. The summed E-state index contributed by atoms with van der Waals surface area (Å²) < 4.78 is 12.7. The highest BCUT2D eigenvalue weighted by Gasteiger charge is 2.30. The molecule has 70 heavy (non-hydrogen) atoms. The summed E-state index contributed by atoms with van der Waals surface area (Å²) in [6.07, 6.45) is 40.8. The van der Waals surface area contributed by atoms with Crippen LogP contribution in [0.1, 0.15) is 274 Å². The topological polar surface area (TPSA) is 0 Å². The van der Waals surface area contributed by atoms with Gasteiger partial charge in [0.1, 0.15) is 5.82 Å². The Morgan fingerprint density at radius 1 is 0.243 bits per heavy atom. The molecule has 7 fully saturated rings. The van der Waals surface area contributed by atoms with Crippen molar-refractivity contribution in [2.24, 2.45) is 65.1 Å². The fourth-order valence-corrected chi connectivity index (χ4v) is 14.2. The van der Waals surface area contributed by atoms with E-state index in [1.165, 1.54) is 145 Å². The van der Waals surface area contributed by atoms with Crippen LogP contribution in [0.5, 0.6) is 0 Å². The van der Waals surface area contributed by atoms with Crippen molar-refractivity contribution < 1.29 is 4.39 Å². The van der Waals surface area contributed by atoms with E-state index in [1.807, 2.05) is 12.1 Å². The molecular formula is C69H109F. The van der Waals surface area contributed by atoms with Gasteiger partial charge in [-0.05, 0) is 215 Å². The average molecular weight is 958 g/mol. The molecule has 3 aromatic carbocycles. The predicted molar refractivity (Wildman–Crippen MR) is 304 cm³/mol. The molecule has 0 saturated heterocycles. The van der Waals surface area contributed by atoms with Crippen LogP contribution in [0.25, 0.3) is 0 Å². The van der Waals surface area contributed by atoms with Gasteiger partial charge in [0.25, 0.3) is 0 Å². The minimum absolute atomic E-state index is 0.127. The van der Waals surface area contributed by atoms with E-state index < -0.39 is 0 Å². The molecule has 0 spiro atoms. The second-order valence-electron chi connectivity index (χ2n) is 26.3. The highest BCUT2D eigenvalue weighted by molar-refractivity contribution is 5.26. The predicted octanol–water partition coefficient (Wildman–Crippen LogP) is 22.0. The van der Waals surface area contributed by atoms with E-state index in [-0.39, 0.29) is 5.82 Å². The zero-order chi connectivity index (χ0) is 49.8. The molecular weight excluding hydrogens is 848 g/mol. The van der Waals surface area contributed by atoms with Crippen LogP contribution in [0.15, 0.2) is 72.8 Å². The summed E-state index contributed by atoms with van der Waals surface area (Å²) in [5, 5.41) is 0. The zero-order valence-electron chi connectivity index (χ0n) is 47.2. The largest absolute Gasteiger partial charge is 0.207 e. The number of hydrogen-bond acceptors (Lipinski definition) is 0. The second-order valence-corrected chi connectivity index (χ2v) is 26.3. The Hall–Kier alpha value is -2.41. The third-order valence-electron chi connectivity index (χ3n) is 20.1. The maximum absolute atomic E-state index is 12.7. The molecule has 7 aliphatic rings. The van der Waals surface area contributed by atoms with Crippen molar-refractivity contribution in [3.63, 3.8) is 0 Å². The smallest absolute Gasteiger partial charge is 0.123 e. The van der Waals surface area contributed by atoms with Gasteiger partial charge in [-0.15, -0.1) is 0 Å². The number of rotatable bonds is 5. The second kappa shape index (κ2) is 30.1. The van der Waals surface area contributed by atoms with Crippen LogP contribution in [0.3, 0.4) is 0 Å². The third kappa shape index (κ3) is 19.8. The first-order valence-electron chi connectivity index (χ1n) is 30.7. The lowest BCUT2D eigenvalue weighted by atomic mass is 9.70. The molecule has 0 aromatic heterocycles. The van der Waals surface area contributed by atoms with E-state index in [0.29, 0.717) is 5.92 Å². The molecule has 1 heteroatoms. The Balaban J connectivity index is 0.000000143. The maximum atomic E-state index is 12.7. The van der Waals surface area contributed by atoms with E-state index in [0.717, 1.165) is 76.9 Å². The van der Waals surface area contributed by atoms with E-state index >= 15 is 0 Å². The Bertz CT molecular complexity index is 1540. The van der Waals surface area contributed by atoms with Gasteiger partial charge in [-0.3, -0.25) is 0 Å². The molecule has 0 nitrogen and oxygen atoms in total. The summed E-state index contributed by atoms with van der Waals surface area (Å²) in [4.78, 5) is 0. The van der Waals surface area contributed by atoms with E-state index in [2.05, 4.69) is 111 Å². The van der Waals surface area contributed by atoms with Crippen LogP contribution >= 0.6 is 0 Å². The Morgan fingerprint density at radius 3 is 0.614 bits per heavy atom. The normalized spacial score (nSPS) is 34.5. The van der Waals surface area contributed by atoms with Crippen LogP contribution < -0.4 is 0 Å². The molecule has 0 aliphatic heterocycles. The van der Waals surface area contributed by atoms with Gasteiger partial charge in [-0.2, -0.15) is 0 Å². The minimum Gasteiger partial charge on any atom is -0.207 e. The molecule has 7 saturated carbocycles. The number of benzene rings is 3. The fraction of sp³-hybridized carbons (Fsp3) is 0.739. The molecule has 392 valence electrons. The van der Waals surface area contributed by atoms with E-state index in [1.54, 1.807) is 74.6 Å². The van der Waals surface area contributed by atoms with Crippen LogP contribution in [0, 0.1) is 84.8 Å². The van der Waals surface area contributed by atoms with Crippen molar-refractivity contribution >= 4 is 0 Å². The average Bonchev–Trinajstić information content (AvgIpc) is 3.37. The van der Waals surface area contributed by atoms with Gasteiger partial charge in [0.2, 0.25) is 0 Å². The molecule has 0 heterocycles. The summed E-state index contributed by atoms with van der Waals surface area (Å²) >= 11 is 0. The lowest BCUT2D eigenvalue weighted by molar-refractivity contribution is 0.155. The minimum atomic E-state index is -0.127. The lowest BCUT2D eigenvalue weighted by Crippen LogP contribution is -2.24. The van der Waals surface area contributed by atoms with Gasteiger partial charge in [0.05, 0.1) is 0 Å². The van der Waals surface area contributed by atoms with Crippen molar-refractivity contribution in [2.45, 2.75) is 260 Å². The van der Waals surface area contributed by atoms with Gasteiger partial charge in [-0.1, -0.05) is 210 Å². The molecule has 0 bridgehead atoms. The van der Waals surface area contributed by atoms with Crippen LogP contribution in [-0.4, -0.2) is 0 Å². The first-order valence-corrected chi connectivity index (χ1v) is 30.7. The SMILES string of the molecule is CC1CCC(C2CCC(C)CC2)CC1.CC1CCC(C2CCC(C)CC2)CC1.CC1CCC(c2ccc(F)cc2)CC1.Cc1ccc(C2CCC(C)CC2)cc1.Cc1ccc(C2CCC(C)CC2)cc1. The highest BCUT2D eigenvalue weighted by Crippen LogP contribution is 2.43. The molecule has 0 N–H and O–H groups in total. The Morgan fingerprint density at radius 2 is 0.414 bits per heavy atom. The number of halogens is 1. The summed E-state index contributed by atoms with van der Waals surface area (Å²) in [5.74, 6) is 13.5. The van der Waals surface area contributed by atoms with Crippen molar-refractivity contribution in [3.05, 3.63) is 106 Å². The fourth-order valence-electron chi connectivity index (χ4n) is 14.2. The monoisotopic (exact) mass is 957 g/mol. The molecule has 0 amide bonds. The van der Waals surface area contributed by atoms with Crippen molar-refractivity contribution in [2.75, 3.05) is 0 Å². The number of hydrogen-bond donors (Lipinski definition) is 0. The van der Waals surface area contributed by atoms with Crippen molar-refractivity contribution in [3.8, 4) is 0 Å². The molecule has 3 aromatic rings. The maximum Gasteiger partial charge on any atom is 0.123 e. The van der Waals surface area contributed by atoms with Crippen molar-refractivity contribution in [1.82, 2.24) is 0 Å². The Kier molecular flexibility index (Phi) is 24.4. The summed E-state index contributed by atoms with van der Waals surface area (Å²) in [5.41, 5.74) is 7.18. The summed E-state index contributed by atoms with van der Waals surface area (Å²) in [7, 11) is 0. The first kappa shape index (κ1) is 56.9. The Labute approximate surface area is 433 Å². The molecule has 0 unspecified atom stereocenters. The molecule has 7 aliphatic carbocycles. The molecule has 0 atom stereocenters. The quantitative estimate of drug-likeness (QED) is 0.239. The first-order chi connectivity index (χ1) is 33.8. The van der Waals surface area contributed by atoms with Gasteiger partial charge in [0.15, 0.2) is 0 Å². The summed E-state index contributed by atoms with van der Waals surface area (Å²) in [6, 6.07) is 25.3. The van der Waals surface area contributed by atoms with Gasteiger partial charge >= 0.3 is 0 Å². The highest BCUT2D eigenvalue weighted by atomic mass is 19.1. The molecule has 10 rings (SSSR count). The standard InChI is InChI=1S/2C14H26.2C14H20.C13H17F/c4*1-11-3-7-13(8-4-11)14-9-5-12(2)6-10-14;1-10-2-4-11(5-3-10)12-6-8-13(14)9-7-12/h2*11-14H,3-10H2,1-2H3;2*3-4,7-8,12,14H,5-6,9-10H2,1-2H3;6-11H,2-5H2,1H3. The zero-order valence-corrected chi connectivity index (χ0v) is 47.2. The van der Waals surface area contributed by atoms with Crippen LogP contribution in [-0.2, 0) is 0 Å². The van der Waals surface area contributed by atoms with Crippen LogP contribution in [0.4, 0.5) is 4.39 Å². The lowest BCUT2D eigenvalue weighted by Gasteiger charge is -2.36. The van der Waals surface area contributed by atoms with Gasteiger partial charge in [0, 0.05) is 0 Å². The van der Waals surface area contributed by atoms with Crippen molar-refractivity contribution in [1.29, 1.82) is 0 Å². The third-order valence-corrected chi connectivity index (χ3v) is 20.1. The molecule has 0 radical (unpaired) electrons. The van der Waals surface area contributed by atoms with Gasteiger partial charge in [-0.25, -0.2) is 4.39 Å². The van der Waals surface area contributed by atoms with Crippen LogP contribution in [0.2, 0.25) is 0 Å². The summed E-state index contributed by atoms with van der Waals surface area (Å²) in [6.45, 7) is 21.1.